The Morgan fingerprint density at radius 1 is 1.05 bits per heavy atom. The third-order valence-corrected chi connectivity index (χ3v) is 3.38. The summed E-state index contributed by atoms with van der Waals surface area (Å²) in [6.45, 7) is 3.67. The van der Waals surface area contributed by atoms with Crippen molar-refractivity contribution < 1.29 is 8.78 Å². The molecule has 0 heterocycles. The van der Waals surface area contributed by atoms with Gasteiger partial charge >= 0.3 is 0 Å². The second kappa shape index (κ2) is 5.49. The van der Waals surface area contributed by atoms with E-state index in [0.29, 0.717) is 11.1 Å². The standard InChI is InChI=1S/C16H17F2N/c1-10-7-14(16(18)9-15(10)17)13-6-4-5-12(8-13)11(2)19-3/h4-9,11,19H,1-3H3. The summed E-state index contributed by atoms with van der Waals surface area (Å²) in [5.41, 5.74) is 2.72. The van der Waals surface area contributed by atoms with Crippen molar-refractivity contribution in [2.75, 3.05) is 7.05 Å². The van der Waals surface area contributed by atoms with Gasteiger partial charge in [-0.05, 0) is 49.7 Å². The molecule has 0 aliphatic heterocycles. The van der Waals surface area contributed by atoms with Gasteiger partial charge in [0.05, 0.1) is 0 Å². The van der Waals surface area contributed by atoms with Gasteiger partial charge in [0.2, 0.25) is 0 Å². The molecule has 0 fully saturated rings. The minimum atomic E-state index is -0.530. The van der Waals surface area contributed by atoms with Crippen molar-refractivity contribution >= 4 is 0 Å². The van der Waals surface area contributed by atoms with Gasteiger partial charge in [-0.25, -0.2) is 8.78 Å². The van der Waals surface area contributed by atoms with Gasteiger partial charge in [-0.2, -0.15) is 0 Å². The first kappa shape index (κ1) is 13.7. The molecule has 3 heteroatoms. The first-order valence-corrected chi connectivity index (χ1v) is 6.26. The third kappa shape index (κ3) is 2.82. The van der Waals surface area contributed by atoms with Crippen LogP contribution in [0.2, 0.25) is 0 Å². The zero-order valence-corrected chi connectivity index (χ0v) is 11.3. The van der Waals surface area contributed by atoms with Gasteiger partial charge in [0.15, 0.2) is 0 Å². The highest BCUT2D eigenvalue weighted by atomic mass is 19.1. The molecule has 0 amide bonds. The quantitative estimate of drug-likeness (QED) is 0.872. The van der Waals surface area contributed by atoms with E-state index in [9.17, 15) is 8.78 Å². The van der Waals surface area contributed by atoms with Gasteiger partial charge in [0.1, 0.15) is 11.6 Å². The number of rotatable bonds is 3. The fourth-order valence-corrected chi connectivity index (χ4v) is 2.02. The number of aryl methyl sites for hydroxylation is 1. The minimum Gasteiger partial charge on any atom is -0.313 e. The molecule has 0 saturated heterocycles. The molecule has 2 aromatic carbocycles. The van der Waals surface area contributed by atoms with E-state index in [4.69, 9.17) is 0 Å². The van der Waals surface area contributed by atoms with E-state index in [1.165, 1.54) is 0 Å². The fourth-order valence-electron chi connectivity index (χ4n) is 2.02. The molecule has 1 nitrogen and oxygen atoms in total. The lowest BCUT2D eigenvalue weighted by Gasteiger charge is -2.13. The van der Waals surface area contributed by atoms with Gasteiger partial charge in [-0.15, -0.1) is 0 Å². The van der Waals surface area contributed by atoms with Crippen LogP contribution in [0.25, 0.3) is 11.1 Å². The molecule has 1 atom stereocenters. The van der Waals surface area contributed by atoms with Crippen LogP contribution in [0.3, 0.4) is 0 Å². The largest absolute Gasteiger partial charge is 0.313 e. The zero-order chi connectivity index (χ0) is 14.0. The smallest absolute Gasteiger partial charge is 0.133 e. The van der Waals surface area contributed by atoms with Crippen molar-refractivity contribution in [2.24, 2.45) is 0 Å². The fraction of sp³-hybridized carbons (Fsp3) is 0.250. The Hall–Kier alpha value is -1.74. The van der Waals surface area contributed by atoms with Crippen molar-refractivity contribution in [1.82, 2.24) is 5.32 Å². The molecular weight excluding hydrogens is 244 g/mol. The highest BCUT2D eigenvalue weighted by Gasteiger charge is 2.11. The summed E-state index contributed by atoms with van der Waals surface area (Å²) >= 11 is 0. The van der Waals surface area contributed by atoms with Crippen molar-refractivity contribution in [2.45, 2.75) is 19.9 Å². The van der Waals surface area contributed by atoms with Crippen molar-refractivity contribution in [3.8, 4) is 11.1 Å². The van der Waals surface area contributed by atoms with Crippen LogP contribution in [0.1, 0.15) is 24.1 Å². The summed E-state index contributed by atoms with van der Waals surface area (Å²) < 4.78 is 27.2. The Labute approximate surface area is 112 Å². The van der Waals surface area contributed by atoms with E-state index in [-0.39, 0.29) is 6.04 Å². The summed E-state index contributed by atoms with van der Waals surface area (Å²) in [7, 11) is 1.87. The minimum absolute atomic E-state index is 0.185. The lowest BCUT2D eigenvalue weighted by atomic mass is 9.98. The maximum atomic E-state index is 13.9. The molecule has 2 aromatic rings. The molecular formula is C16H17F2N. The first-order chi connectivity index (χ1) is 9.02. The van der Waals surface area contributed by atoms with Crippen LogP contribution in [0.15, 0.2) is 36.4 Å². The van der Waals surface area contributed by atoms with Crippen LogP contribution in [-0.4, -0.2) is 7.05 Å². The lowest BCUT2D eigenvalue weighted by molar-refractivity contribution is 0.579. The second-order valence-corrected chi connectivity index (χ2v) is 4.72. The van der Waals surface area contributed by atoms with E-state index in [1.54, 1.807) is 13.0 Å². The average molecular weight is 261 g/mol. The van der Waals surface area contributed by atoms with E-state index in [1.807, 2.05) is 38.2 Å². The Kier molecular flexibility index (Phi) is 3.96. The van der Waals surface area contributed by atoms with E-state index in [2.05, 4.69) is 5.32 Å². The predicted octanol–water partition coefficient (Wildman–Crippen LogP) is 4.22. The van der Waals surface area contributed by atoms with Gasteiger partial charge in [0, 0.05) is 17.7 Å². The van der Waals surface area contributed by atoms with Crippen LogP contribution in [0.5, 0.6) is 0 Å². The Bertz CT molecular complexity index is 593. The summed E-state index contributed by atoms with van der Waals surface area (Å²) in [6.07, 6.45) is 0. The maximum Gasteiger partial charge on any atom is 0.133 e. The number of halogens is 2. The van der Waals surface area contributed by atoms with E-state index < -0.39 is 11.6 Å². The van der Waals surface area contributed by atoms with Gasteiger partial charge in [0.25, 0.3) is 0 Å². The zero-order valence-electron chi connectivity index (χ0n) is 11.3. The van der Waals surface area contributed by atoms with Crippen LogP contribution in [0, 0.1) is 18.6 Å². The predicted molar refractivity (Wildman–Crippen MR) is 74.0 cm³/mol. The van der Waals surface area contributed by atoms with Gasteiger partial charge in [-0.3, -0.25) is 0 Å². The first-order valence-electron chi connectivity index (χ1n) is 6.26. The topological polar surface area (TPSA) is 12.0 Å². The summed E-state index contributed by atoms with van der Waals surface area (Å²) in [4.78, 5) is 0. The Morgan fingerprint density at radius 2 is 1.79 bits per heavy atom. The van der Waals surface area contributed by atoms with Crippen LogP contribution in [0.4, 0.5) is 8.78 Å². The van der Waals surface area contributed by atoms with Gasteiger partial charge < -0.3 is 5.32 Å². The molecule has 0 radical (unpaired) electrons. The average Bonchev–Trinajstić information content (AvgIpc) is 2.42. The number of benzene rings is 2. The van der Waals surface area contributed by atoms with Crippen LogP contribution < -0.4 is 5.32 Å². The molecule has 0 bridgehead atoms. The van der Waals surface area contributed by atoms with Crippen molar-refractivity contribution in [1.29, 1.82) is 0 Å². The molecule has 0 saturated carbocycles. The molecule has 0 aliphatic carbocycles. The number of hydrogen-bond donors (Lipinski definition) is 1. The van der Waals surface area contributed by atoms with Crippen LogP contribution >= 0.6 is 0 Å². The molecule has 0 aliphatic rings. The highest BCUT2D eigenvalue weighted by Crippen LogP contribution is 2.27. The molecule has 0 aromatic heterocycles. The molecule has 2 rings (SSSR count). The molecule has 1 N–H and O–H groups in total. The van der Waals surface area contributed by atoms with E-state index >= 15 is 0 Å². The van der Waals surface area contributed by atoms with Crippen molar-refractivity contribution in [3.63, 3.8) is 0 Å². The highest BCUT2D eigenvalue weighted by molar-refractivity contribution is 5.66. The molecule has 1 unspecified atom stereocenters. The third-order valence-electron chi connectivity index (χ3n) is 3.38. The monoisotopic (exact) mass is 261 g/mol. The molecule has 100 valence electrons. The van der Waals surface area contributed by atoms with Gasteiger partial charge in [-0.1, -0.05) is 18.2 Å². The Balaban J connectivity index is 2.50. The molecule has 19 heavy (non-hydrogen) atoms. The summed E-state index contributed by atoms with van der Waals surface area (Å²) in [5, 5.41) is 3.14. The van der Waals surface area contributed by atoms with Crippen LogP contribution in [-0.2, 0) is 0 Å². The lowest BCUT2D eigenvalue weighted by Crippen LogP contribution is -2.12. The number of nitrogens with one attached hydrogen (secondary N) is 1. The SMILES string of the molecule is CNC(C)c1cccc(-c2cc(C)c(F)cc2F)c1. The Morgan fingerprint density at radius 3 is 2.47 bits per heavy atom. The molecule has 0 spiro atoms. The van der Waals surface area contributed by atoms with E-state index in [0.717, 1.165) is 17.2 Å². The normalized spacial score (nSPS) is 12.5. The maximum absolute atomic E-state index is 13.9. The summed E-state index contributed by atoms with van der Waals surface area (Å²) in [6, 6.07) is 10.3. The number of hydrogen-bond acceptors (Lipinski definition) is 1. The summed E-state index contributed by atoms with van der Waals surface area (Å²) in [5.74, 6) is -1.04. The second-order valence-electron chi connectivity index (χ2n) is 4.72. The van der Waals surface area contributed by atoms with Crippen molar-refractivity contribution in [3.05, 3.63) is 59.2 Å².